The van der Waals surface area contributed by atoms with Gasteiger partial charge in [0.1, 0.15) is 5.76 Å². The molecule has 0 bridgehead atoms. The van der Waals surface area contributed by atoms with Gasteiger partial charge >= 0.3 is 0 Å². The second-order valence-corrected chi connectivity index (χ2v) is 10.5. The predicted octanol–water partition coefficient (Wildman–Crippen LogP) is 6.26. The SMILES string of the molecule is C=C(C/C(=C\C)SCC1NC=C(CC(C)(C)C)O1)NC(=O)Cc1ccc2ccccc2c1. The van der Waals surface area contributed by atoms with Crippen molar-refractivity contribution in [3.8, 4) is 0 Å². The van der Waals surface area contributed by atoms with E-state index in [0.717, 1.165) is 33.8 Å². The van der Waals surface area contributed by atoms with Crippen molar-refractivity contribution < 1.29 is 9.53 Å². The van der Waals surface area contributed by atoms with E-state index in [1.165, 1.54) is 5.39 Å². The van der Waals surface area contributed by atoms with Gasteiger partial charge in [-0.1, -0.05) is 75.9 Å². The van der Waals surface area contributed by atoms with Gasteiger partial charge in [-0.25, -0.2) is 0 Å². The number of carbonyl (C=O) groups is 1. The first-order valence-electron chi connectivity index (χ1n) is 11.1. The molecule has 2 aromatic carbocycles. The van der Waals surface area contributed by atoms with E-state index in [1.807, 2.05) is 31.3 Å². The number of rotatable bonds is 9. The minimum Gasteiger partial charge on any atom is -0.473 e. The van der Waals surface area contributed by atoms with E-state index in [2.05, 4.69) is 68.3 Å². The average molecular weight is 451 g/mol. The van der Waals surface area contributed by atoms with Crippen LogP contribution in [0.1, 0.15) is 46.1 Å². The summed E-state index contributed by atoms with van der Waals surface area (Å²) in [5.74, 6) is 1.76. The van der Waals surface area contributed by atoms with Crippen LogP contribution in [0.4, 0.5) is 0 Å². The van der Waals surface area contributed by atoms with Crippen molar-refractivity contribution in [2.45, 2.75) is 53.2 Å². The maximum Gasteiger partial charge on any atom is 0.228 e. The lowest BCUT2D eigenvalue weighted by atomic mass is 9.91. The molecule has 0 radical (unpaired) electrons. The Kier molecular flexibility index (Phi) is 8.08. The van der Waals surface area contributed by atoms with Crippen LogP contribution in [0.25, 0.3) is 10.8 Å². The molecule has 1 atom stereocenters. The molecular weight excluding hydrogens is 416 g/mol. The van der Waals surface area contributed by atoms with Crippen LogP contribution in [0.3, 0.4) is 0 Å². The van der Waals surface area contributed by atoms with Crippen molar-refractivity contribution >= 4 is 28.4 Å². The molecule has 1 amide bonds. The largest absolute Gasteiger partial charge is 0.473 e. The minimum absolute atomic E-state index is 0.0249. The third kappa shape index (κ3) is 7.49. The van der Waals surface area contributed by atoms with Crippen LogP contribution in [-0.2, 0) is 16.0 Å². The number of carbonyl (C=O) groups excluding carboxylic acids is 1. The number of ether oxygens (including phenoxy) is 1. The van der Waals surface area contributed by atoms with Crippen LogP contribution in [0.2, 0.25) is 0 Å². The maximum absolute atomic E-state index is 12.5. The second-order valence-electron chi connectivity index (χ2n) is 9.37. The van der Waals surface area contributed by atoms with Gasteiger partial charge in [0.05, 0.1) is 12.2 Å². The van der Waals surface area contributed by atoms with E-state index in [0.29, 0.717) is 18.5 Å². The summed E-state index contributed by atoms with van der Waals surface area (Å²) in [6.07, 6.45) is 5.91. The highest BCUT2D eigenvalue weighted by Gasteiger charge is 2.22. The summed E-state index contributed by atoms with van der Waals surface area (Å²) >= 11 is 1.73. The number of amides is 1. The molecule has 1 unspecified atom stereocenters. The van der Waals surface area contributed by atoms with Crippen molar-refractivity contribution in [1.29, 1.82) is 0 Å². The van der Waals surface area contributed by atoms with Crippen molar-refractivity contribution in [3.05, 3.63) is 83.2 Å². The third-order valence-corrected chi connectivity index (χ3v) is 6.27. The summed E-state index contributed by atoms with van der Waals surface area (Å²) in [5, 5.41) is 8.59. The summed E-state index contributed by atoms with van der Waals surface area (Å²) < 4.78 is 6.01. The van der Waals surface area contributed by atoms with Gasteiger partial charge in [-0.2, -0.15) is 0 Å². The number of fused-ring (bicyclic) bond motifs is 1. The molecule has 0 aliphatic carbocycles. The van der Waals surface area contributed by atoms with Gasteiger partial charge in [-0.3, -0.25) is 4.79 Å². The Morgan fingerprint density at radius 3 is 2.69 bits per heavy atom. The molecule has 2 N–H and O–H groups in total. The highest BCUT2D eigenvalue weighted by atomic mass is 32.2. The molecule has 1 aliphatic heterocycles. The highest BCUT2D eigenvalue weighted by Crippen LogP contribution is 2.29. The number of hydrogen-bond donors (Lipinski definition) is 2. The Morgan fingerprint density at radius 2 is 1.97 bits per heavy atom. The fourth-order valence-corrected chi connectivity index (χ4v) is 4.56. The lowest BCUT2D eigenvalue weighted by molar-refractivity contribution is -0.119. The van der Waals surface area contributed by atoms with E-state index < -0.39 is 0 Å². The van der Waals surface area contributed by atoms with E-state index >= 15 is 0 Å². The summed E-state index contributed by atoms with van der Waals surface area (Å²) in [5.41, 5.74) is 1.91. The number of thioether (sulfide) groups is 1. The molecule has 5 heteroatoms. The molecule has 1 aliphatic rings. The van der Waals surface area contributed by atoms with Gasteiger partial charge in [0, 0.05) is 24.7 Å². The molecule has 0 aromatic heterocycles. The van der Waals surface area contributed by atoms with Gasteiger partial charge in [0.15, 0.2) is 6.23 Å². The molecule has 170 valence electrons. The molecule has 3 rings (SSSR count). The van der Waals surface area contributed by atoms with Crippen LogP contribution >= 0.6 is 11.8 Å². The first kappa shape index (κ1) is 24.0. The summed E-state index contributed by atoms with van der Waals surface area (Å²) in [6, 6.07) is 14.3. The lowest BCUT2D eigenvalue weighted by Gasteiger charge is -2.20. The lowest BCUT2D eigenvalue weighted by Crippen LogP contribution is -2.25. The summed E-state index contributed by atoms with van der Waals surface area (Å²) in [7, 11) is 0. The third-order valence-electron chi connectivity index (χ3n) is 5.05. The number of nitrogens with one attached hydrogen (secondary N) is 2. The normalized spacial score (nSPS) is 16.3. The zero-order chi connectivity index (χ0) is 23.1. The van der Waals surface area contributed by atoms with E-state index in [-0.39, 0.29) is 17.6 Å². The van der Waals surface area contributed by atoms with Crippen molar-refractivity contribution in [2.75, 3.05) is 5.75 Å². The first-order chi connectivity index (χ1) is 15.2. The minimum atomic E-state index is -0.0393. The van der Waals surface area contributed by atoms with E-state index in [1.54, 1.807) is 11.8 Å². The molecule has 0 saturated heterocycles. The quantitative estimate of drug-likeness (QED) is 0.473. The summed E-state index contributed by atoms with van der Waals surface area (Å²) in [4.78, 5) is 13.7. The number of allylic oxidation sites excluding steroid dienone is 3. The van der Waals surface area contributed by atoms with Crippen molar-refractivity contribution in [1.82, 2.24) is 10.6 Å². The molecule has 0 saturated carbocycles. The van der Waals surface area contributed by atoms with Crippen LogP contribution in [0.15, 0.2) is 77.7 Å². The van der Waals surface area contributed by atoms with Gasteiger partial charge in [-0.15, -0.1) is 11.8 Å². The Hall–Kier alpha value is -2.66. The topological polar surface area (TPSA) is 50.4 Å². The van der Waals surface area contributed by atoms with Crippen LogP contribution in [0.5, 0.6) is 0 Å². The molecule has 4 nitrogen and oxygen atoms in total. The second kappa shape index (κ2) is 10.8. The smallest absolute Gasteiger partial charge is 0.228 e. The molecular formula is C27H34N2O2S. The van der Waals surface area contributed by atoms with E-state index in [9.17, 15) is 4.79 Å². The Bertz CT molecular complexity index is 1030. The Balaban J connectivity index is 1.42. The molecule has 0 spiro atoms. The zero-order valence-electron chi connectivity index (χ0n) is 19.5. The van der Waals surface area contributed by atoms with Gasteiger partial charge in [0.25, 0.3) is 0 Å². The average Bonchev–Trinajstić information content (AvgIpc) is 3.16. The van der Waals surface area contributed by atoms with Gasteiger partial charge in [0.2, 0.25) is 5.91 Å². The standard InChI is InChI=1S/C27H34N2O2S/c1-6-24(32-18-26-28-17-23(31-26)16-27(3,4)5)13-19(2)29-25(30)15-20-11-12-21-9-7-8-10-22(21)14-20/h6-12,14,17,26,28H,2,13,15-16,18H2,1,3-5H3,(H,29,30)/b24-6+. The first-order valence-corrected chi connectivity index (χ1v) is 12.1. The molecule has 0 fully saturated rings. The predicted molar refractivity (Wildman–Crippen MR) is 136 cm³/mol. The van der Waals surface area contributed by atoms with Crippen LogP contribution in [0, 0.1) is 5.41 Å². The van der Waals surface area contributed by atoms with Crippen molar-refractivity contribution in [3.63, 3.8) is 0 Å². The van der Waals surface area contributed by atoms with Crippen LogP contribution < -0.4 is 10.6 Å². The molecule has 2 aromatic rings. The maximum atomic E-state index is 12.5. The van der Waals surface area contributed by atoms with Crippen LogP contribution in [-0.4, -0.2) is 17.9 Å². The number of hydrogen-bond acceptors (Lipinski definition) is 4. The summed E-state index contributed by atoms with van der Waals surface area (Å²) in [6.45, 7) is 12.7. The number of benzene rings is 2. The monoisotopic (exact) mass is 450 g/mol. The van der Waals surface area contributed by atoms with Gasteiger partial charge in [-0.05, 0) is 33.6 Å². The zero-order valence-corrected chi connectivity index (χ0v) is 20.4. The fraction of sp³-hybridized carbons (Fsp3) is 0.370. The Labute approximate surface area is 196 Å². The van der Waals surface area contributed by atoms with Gasteiger partial charge < -0.3 is 15.4 Å². The van der Waals surface area contributed by atoms with Crippen molar-refractivity contribution in [2.24, 2.45) is 5.41 Å². The fourth-order valence-electron chi connectivity index (χ4n) is 3.58. The molecule has 1 heterocycles. The van der Waals surface area contributed by atoms with E-state index in [4.69, 9.17) is 4.74 Å². The molecule has 32 heavy (non-hydrogen) atoms. The highest BCUT2D eigenvalue weighted by molar-refractivity contribution is 8.03. The Morgan fingerprint density at radius 1 is 1.22 bits per heavy atom.